The number of carbonyl (C=O) groups is 1. The molecule has 3 aliphatic rings. The maximum Gasteiger partial charge on any atom is 0.233 e. The summed E-state index contributed by atoms with van der Waals surface area (Å²) >= 11 is 6.10. The third kappa shape index (κ3) is 3.41. The molecule has 1 aliphatic carbocycles. The second kappa shape index (κ2) is 7.73. The average Bonchev–Trinajstić information content (AvgIpc) is 2.73. The number of benzene rings is 1. The van der Waals surface area contributed by atoms with E-state index in [1.165, 1.54) is 6.42 Å². The third-order valence-electron chi connectivity index (χ3n) is 7.38. The Hall–Kier alpha value is -1.10. The van der Waals surface area contributed by atoms with E-state index in [0.717, 1.165) is 63.6 Å². The molecule has 2 saturated heterocycles. The molecule has 1 aromatic carbocycles. The number of aliphatic hydroxyl groups is 1. The van der Waals surface area contributed by atoms with E-state index < -0.39 is 5.41 Å². The molecule has 148 valence electrons. The Bertz CT molecular complexity index is 671. The van der Waals surface area contributed by atoms with Gasteiger partial charge in [0.1, 0.15) is 0 Å². The van der Waals surface area contributed by atoms with Crippen LogP contribution in [0, 0.1) is 5.41 Å². The molecule has 4 rings (SSSR count). The van der Waals surface area contributed by atoms with Gasteiger partial charge in [-0.1, -0.05) is 43.0 Å². The van der Waals surface area contributed by atoms with Crippen molar-refractivity contribution in [1.82, 2.24) is 10.2 Å². The number of hydrogen-bond donors (Lipinski definition) is 2. The Balaban J connectivity index is 1.60. The minimum absolute atomic E-state index is 0.0466. The van der Waals surface area contributed by atoms with E-state index in [2.05, 4.69) is 10.2 Å². The highest BCUT2D eigenvalue weighted by Gasteiger charge is 2.49. The average molecular weight is 391 g/mol. The lowest BCUT2D eigenvalue weighted by molar-refractivity contribution is -0.143. The molecule has 0 radical (unpaired) electrons. The second-order valence-electron chi connectivity index (χ2n) is 8.78. The number of aliphatic hydroxyl groups excluding tert-OH is 1. The van der Waals surface area contributed by atoms with Crippen molar-refractivity contribution in [2.75, 3.05) is 26.2 Å². The van der Waals surface area contributed by atoms with Crippen molar-refractivity contribution >= 4 is 17.5 Å². The van der Waals surface area contributed by atoms with Crippen LogP contribution < -0.4 is 5.32 Å². The first kappa shape index (κ1) is 19.2. The van der Waals surface area contributed by atoms with Crippen LogP contribution in [0.1, 0.15) is 56.9 Å². The van der Waals surface area contributed by atoms with E-state index in [-0.39, 0.29) is 24.0 Å². The van der Waals surface area contributed by atoms with Crippen molar-refractivity contribution < 1.29 is 9.90 Å². The number of rotatable bonds is 3. The van der Waals surface area contributed by atoms with Crippen LogP contribution in [0.25, 0.3) is 0 Å². The second-order valence-corrected chi connectivity index (χ2v) is 9.22. The monoisotopic (exact) mass is 390 g/mol. The van der Waals surface area contributed by atoms with Gasteiger partial charge in [0.2, 0.25) is 5.91 Å². The number of fused-ring (bicyclic) bond motifs is 1. The largest absolute Gasteiger partial charge is 0.396 e. The van der Waals surface area contributed by atoms with Crippen molar-refractivity contribution in [1.29, 1.82) is 0 Å². The van der Waals surface area contributed by atoms with Gasteiger partial charge in [0.25, 0.3) is 0 Å². The van der Waals surface area contributed by atoms with Crippen LogP contribution in [0.5, 0.6) is 0 Å². The molecule has 5 heteroatoms. The number of nitrogens with zero attached hydrogens (tertiary/aromatic N) is 1. The van der Waals surface area contributed by atoms with Crippen molar-refractivity contribution in [3.05, 3.63) is 34.9 Å². The molecule has 27 heavy (non-hydrogen) atoms. The summed E-state index contributed by atoms with van der Waals surface area (Å²) in [5, 5.41) is 14.4. The predicted molar refractivity (Wildman–Crippen MR) is 108 cm³/mol. The molecule has 1 saturated carbocycles. The van der Waals surface area contributed by atoms with Crippen LogP contribution >= 0.6 is 11.6 Å². The van der Waals surface area contributed by atoms with Gasteiger partial charge in [-0.2, -0.15) is 0 Å². The molecule has 3 fully saturated rings. The SMILES string of the molecule is O=C(N1CC[C@@]2(CO)CCCN[C@@H]2C1)C1(c2ccc(Cl)cc2)CCCCC1. The number of hydrogen-bond acceptors (Lipinski definition) is 3. The molecule has 0 aromatic heterocycles. The van der Waals surface area contributed by atoms with E-state index in [1.807, 2.05) is 24.3 Å². The summed E-state index contributed by atoms with van der Waals surface area (Å²) in [5.41, 5.74) is 0.665. The fourth-order valence-corrected chi connectivity index (χ4v) is 5.77. The number of piperidine rings is 2. The minimum atomic E-state index is -0.406. The summed E-state index contributed by atoms with van der Waals surface area (Å²) in [5.74, 6) is 0.281. The molecule has 1 amide bonds. The molecule has 0 unspecified atom stereocenters. The lowest BCUT2D eigenvalue weighted by atomic mass is 9.66. The standard InChI is InChI=1S/C22H31ClN2O2/c23-18-7-5-17(6-8-18)22(10-2-1-3-11-22)20(27)25-14-12-21(16-26)9-4-13-24-19(21)15-25/h5-8,19,24,26H,1-4,9-16H2/t19-,21-/m1/s1. The van der Waals surface area contributed by atoms with Gasteiger partial charge < -0.3 is 15.3 Å². The number of amides is 1. The zero-order chi connectivity index (χ0) is 18.9. The number of halogens is 1. The molecule has 4 nitrogen and oxygen atoms in total. The molecule has 2 aliphatic heterocycles. The zero-order valence-electron chi connectivity index (χ0n) is 16.1. The molecule has 2 heterocycles. The van der Waals surface area contributed by atoms with Crippen LogP contribution in [0.15, 0.2) is 24.3 Å². The van der Waals surface area contributed by atoms with Gasteiger partial charge in [0, 0.05) is 29.6 Å². The summed E-state index contributed by atoms with van der Waals surface area (Å²) in [6, 6.07) is 8.13. The van der Waals surface area contributed by atoms with Crippen LogP contribution in [0.4, 0.5) is 0 Å². The number of likely N-dealkylation sites (tertiary alicyclic amines) is 1. The summed E-state index contributed by atoms with van der Waals surface area (Å²) in [6.07, 6.45) is 8.32. The van der Waals surface area contributed by atoms with Gasteiger partial charge in [0.05, 0.1) is 12.0 Å². The highest BCUT2D eigenvalue weighted by atomic mass is 35.5. The first-order valence-electron chi connectivity index (χ1n) is 10.5. The van der Waals surface area contributed by atoms with E-state index >= 15 is 0 Å². The van der Waals surface area contributed by atoms with Gasteiger partial charge in [-0.3, -0.25) is 4.79 Å². The van der Waals surface area contributed by atoms with Crippen molar-refractivity contribution in [2.45, 2.75) is 62.8 Å². The van der Waals surface area contributed by atoms with Gasteiger partial charge >= 0.3 is 0 Å². The first-order valence-corrected chi connectivity index (χ1v) is 10.9. The smallest absolute Gasteiger partial charge is 0.233 e. The molecule has 1 aromatic rings. The third-order valence-corrected chi connectivity index (χ3v) is 7.63. The Morgan fingerprint density at radius 2 is 1.85 bits per heavy atom. The van der Waals surface area contributed by atoms with Gasteiger partial charge in [-0.05, 0) is 56.3 Å². The van der Waals surface area contributed by atoms with E-state index in [4.69, 9.17) is 11.6 Å². The van der Waals surface area contributed by atoms with Crippen molar-refractivity contribution in [3.63, 3.8) is 0 Å². The first-order chi connectivity index (χ1) is 13.1. The summed E-state index contributed by atoms with van der Waals surface area (Å²) in [6.45, 7) is 2.67. The molecule has 2 N–H and O–H groups in total. The van der Waals surface area contributed by atoms with Crippen LogP contribution in [0.2, 0.25) is 5.02 Å². The highest BCUT2D eigenvalue weighted by molar-refractivity contribution is 6.30. The summed E-state index contributed by atoms with van der Waals surface area (Å²) in [7, 11) is 0. The summed E-state index contributed by atoms with van der Waals surface area (Å²) < 4.78 is 0. The van der Waals surface area contributed by atoms with E-state index in [1.54, 1.807) is 0 Å². The van der Waals surface area contributed by atoms with Crippen LogP contribution in [-0.2, 0) is 10.2 Å². The zero-order valence-corrected chi connectivity index (χ0v) is 16.8. The van der Waals surface area contributed by atoms with Crippen molar-refractivity contribution in [2.24, 2.45) is 5.41 Å². The highest BCUT2D eigenvalue weighted by Crippen LogP contribution is 2.44. The Morgan fingerprint density at radius 1 is 1.11 bits per heavy atom. The Morgan fingerprint density at radius 3 is 2.56 bits per heavy atom. The van der Waals surface area contributed by atoms with E-state index in [0.29, 0.717) is 11.6 Å². The molecular formula is C22H31ClN2O2. The maximum atomic E-state index is 13.8. The van der Waals surface area contributed by atoms with E-state index in [9.17, 15) is 9.90 Å². The lowest BCUT2D eigenvalue weighted by Gasteiger charge is -2.52. The normalized spacial score (nSPS) is 30.6. The van der Waals surface area contributed by atoms with Crippen LogP contribution in [-0.4, -0.2) is 48.2 Å². The predicted octanol–water partition coefficient (Wildman–Crippen LogP) is 3.50. The fourth-order valence-electron chi connectivity index (χ4n) is 5.64. The quantitative estimate of drug-likeness (QED) is 0.830. The maximum absolute atomic E-state index is 13.8. The Kier molecular flexibility index (Phi) is 5.50. The number of nitrogens with one attached hydrogen (secondary N) is 1. The Labute approximate surface area is 167 Å². The summed E-state index contributed by atoms with van der Waals surface area (Å²) in [4.78, 5) is 15.9. The minimum Gasteiger partial charge on any atom is -0.396 e. The number of carbonyl (C=O) groups excluding carboxylic acids is 1. The van der Waals surface area contributed by atoms with Crippen LogP contribution in [0.3, 0.4) is 0 Å². The molecular weight excluding hydrogens is 360 g/mol. The molecule has 0 bridgehead atoms. The lowest BCUT2D eigenvalue weighted by Crippen LogP contribution is -2.64. The fraction of sp³-hybridized carbons (Fsp3) is 0.682. The van der Waals surface area contributed by atoms with Crippen molar-refractivity contribution in [3.8, 4) is 0 Å². The molecule has 2 atom stereocenters. The van der Waals surface area contributed by atoms with Gasteiger partial charge in [0.15, 0.2) is 0 Å². The molecule has 0 spiro atoms. The van der Waals surface area contributed by atoms with Gasteiger partial charge in [-0.15, -0.1) is 0 Å². The topological polar surface area (TPSA) is 52.6 Å². The van der Waals surface area contributed by atoms with Gasteiger partial charge in [-0.25, -0.2) is 0 Å².